The third-order valence-electron chi connectivity index (χ3n) is 3.33. The van der Waals surface area contributed by atoms with Gasteiger partial charge in [-0.25, -0.2) is 4.39 Å². The molecule has 0 amide bonds. The van der Waals surface area contributed by atoms with Crippen LogP contribution in [0, 0.1) is 11.7 Å². The lowest BCUT2D eigenvalue weighted by molar-refractivity contribution is 0.116. The molecular weight excluding hydrogens is 231 g/mol. The Labute approximate surface area is 108 Å². The fourth-order valence-electron chi connectivity index (χ4n) is 2.49. The summed E-state index contributed by atoms with van der Waals surface area (Å²) >= 11 is 0. The maximum absolute atomic E-state index is 13.1. The molecule has 1 aliphatic heterocycles. The van der Waals surface area contributed by atoms with Gasteiger partial charge in [0.25, 0.3) is 0 Å². The van der Waals surface area contributed by atoms with E-state index in [1.807, 2.05) is 0 Å². The number of halogens is 1. The SMILES string of the molecule is CC(C)CC(O)CCC1Cc2cc(F)ccc2O1. The van der Waals surface area contributed by atoms with E-state index in [0.29, 0.717) is 5.92 Å². The van der Waals surface area contributed by atoms with E-state index in [4.69, 9.17) is 4.74 Å². The van der Waals surface area contributed by atoms with Gasteiger partial charge in [-0.2, -0.15) is 0 Å². The van der Waals surface area contributed by atoms with Crippen LogP contribution in [0.1, 0.15) is 38.7 Å². The highest BCUT2D eigenvalue weighted by molar-refractivity contribution is 5.37. The monoisotopic (exact) mass is 252 g/mol. The van der Waals surface area contributed by atoms with Crippen molar-refractivity contribution in [2.45, 2.75) is 51.7 Å². The van der Waals surface area contributed by atoms with Crippen molar-refractivity contribution in [2.24, 2.45) is 5.92 Å². The fourth-order valence-corrected chi connectivity index (χ4v) is 2.49. The molecule has 2 nitrogen and oxygen atoms in total. The van der Waals surface area contributed by atoms with E-state index in [9.17, 15) is 9.50 Å². The van der Waals surface area contributed by atoms with Crippen molar-refractivity contribution in [2.75, 3.05) is 0 Å². The van der Waals surface area contributed by atoms with Crippen molar-refractivity contribution >= 4 is 0 Å². The molecule has 0 saturated carbocycles. The first-order valence-electron chi connectivity index (χ1n) is 6.67. The highest BCUT2D eigenvalue weighted by atomic mass is 19.1. The number of aliphatic hydroxyl groups excluding tert-OH is 1. The van der Waals surface area contributed by atoms with Crippen LogP contribution >= 0.6 is 0 Å². The zero-order valence-corrected chi connectivity index (χ0v) is 11.0. The summed E-state index contributed by atoms with van der Waals surface area (Å²) in [5.41, 5.74) is 0.943. The van der Waals surface area contributed by atoms with Gasteiger partial charge in [0.1, 0.15) is 17.7 Å². The van der Waals surface area contributed by atoms with Gasteiger partial charge in [-0.05, 0) is 43.4 Å². The van der Waals surface area contributed by atoms with Gasteiger partial charge in [0.15, 0.2) is 0 Å². The molecule has 0 aliphatic carbocycles. The maximum Gasteiger partial charge on any atom is 0.123 e. The molecule has 100 valence electrons. The lowest BCUT2D eigenvalue weighted by Gasteiger charge is -2.15. The normalized spacial score (nSPS) is 19.7. The first-order valence-corrected chi connectivity index (χ1v) is 6.67. The van der Waals surface area contributed by atoms with Crippen LogP contribution in [0.25, 0.3) is 0 Å². The van der Waals surface area contributed by atoms with Crippen LogP contribution in [-0.4, -0.2) is 17.3 Å². The lowest BCUT2D eigenvalue weighted by atomic mass is 9.99. The number of ether oxygens (including phenoxy) is 1. The van der Waals surface area contributed by atoms with Crippen molar-refractivity contribution < 1.29 is 14.2 Å². The van der Waals surface area contributed by atoms with E-state index >= 15 is 0 Å². The molecule has 2 rings (SSSR count). The zero-order chi connectivity index (χ0) is 13.1. The standard InChI is InChI=1S/C15H21FO2/c1-10(2)7-13(17)4-5-14-9-11-8-12(16)3-6-15(11)18-14/h3,6,8,10,13-14,17H,4-5,7,9H2,1-2H3. The van der Waals surface area contributed by atoms with E-state index in [0.717, 1.165) is 37.0 Å². The van der Waals surface area contributed by atoms with Crippen LogP contribution in [0.3, 0.4) is 0 Å². The van der Waals surface area contributed by atoms with Crippen LogP contribution in [0.2, 0.25) is 0 Å². The number of hydrogen-bond donors (Lipinski definition) is 1. The Morgan fingerprint density at radius 1 is 1.44 bits per heavy atom. The predicted molar refractivity (Wildman–Crippen MR) is 69.2 cm³/mol. The van der Waals surface area contributed by atoms with Gasteiger partial charge in [0.05, 0.1) is 6.10 Å². The Morgan fingerprint density at radius 2 is 2.22 bits per heavy atom. The minimum Gasteiger partial charge on any atom is -0.490 e. The molecule has 1 aromatic carbocycles. The van der Waals surface area contributed by atoms with Gasteiger partial charge in [0.2, 0.25) is 0 Å². The predicted octanol–water partition coefficient (Wildman–Crippen LogP) is 3.32. The second-order valence-electron chi connectivity index (χ2n) is 5.56. The minimum atomic E-state index is -0.256. The van der Waals surface area contributed by atoms with Gasteiger partial charge < -0.3 is 9.84 Å². The molecule has 0 fully saturated rings. The average Bonchev–Trinajstić information content (AvgIpc) is 2.67. The van der Waals surface area contributed by atoms with E-state index < -0.39 is 0 Å². The number of aliphatic hydroxyl groups is 1. The number of rotatable bonds is 5. The second-order valence-corrected chi connectivity index (χ2v) is 5.56. The molecular formula is C15H21FO2. The summed E-state index contributed by atoms with van der Waals surface area (Å²) in [7, 11) is 0. The molecule has 1 aliphatic rings. The Balaban J connectivity index is 1.81. The van der Waals surface area contributed by atoms with E-state index in [-0.39, 0.29) is 18.0 Å². The van der Waals surface area contributed by atoms with Crippen molar-refractivity contribution in [1.29, 1.82) is 0 Å². The van der Waals surface area contributed by atoms with Crippen LogP contribution in [0.4, 0.5) is 4.39 Å². The third-order valence-corrected chi connectivity index (χ3v) is 3.33. The quantitative estimate of drug-likeness (QED) is 0.871. The summed E-state index contributed by atoms with van der Waals surface area (Å²) in [6.45, 7) is 4.21. The molecule has 1 heterocycles. The van der Waals surface area contributed by atoms with Crippen molar-refractivity contribution in [1.82, 2.24) is 0 Å². The highest BCUT2D eigenvalue weighted by Gasteiger charge is 2.23. The molecule has 18 heavy (non-hydrogen) atoms. The average molecular weight is 252 g/mol. The number of hydrogen-bond acceptors (Lipinski definition) is 2. The molecule has 0 radical (unpaired) electrons. The minimum absolute atomic E-state index is 0.0867. The molecule has 3 heteroatoms. The Hall–Kier alpha value is -1.09. The summed E-state index contributed by atoms with van der Waals surface area (Å²) in [5, 5.41) is 9.83. The second kappa shape index (κ2) is 5.70. The van der Waals surface area contributed by atoms with Crippen LogP contribution in [0.15, 0.2) is 18.2 Å². The molecule has 1 aromatic rings. The summed E-state index contributed by atoms with van der Waals surface area (Å²) in [6, 6.07) is 4.66. The topological polar surface area (TPSA) is 29.5 Å². The number of benzene rings is 1. The highest BCUT2D eigenvalue weighted by Crippen LogP contribution is 2.31. The summed E-state index contributed by atoms with van der Waals surface area (Å²) in [6.07, 6.45) is 2.98. The lowest BCUT2D eigenvalue weighted by Crippen LogP contribution is -2.18. The Kier molecular flexibility index (Phi) is 4.23. The summed E-state index contributed by atoms with van der Waals surface area (Å²) in [5.74, 6) is 1.09. The molecule has 2 unspecified atom stereocenters. The maximum atomic E-state index is 13.1. The molecule has 0 aromatic heterocycles. The Morgan fingerprint density at radius 3 is 2.94 bits per heavy atom. The molecule has 1 N–H and O–H groups in total. The summed E-state index contributed by atoms with van der Waals surface area (Å²) < 4.78 is 18.8. The van der Waals surface area contributed by atoms with Gasteiger partial charge in [0, 0.05) is 12.0 Å². The molecule has 0 bridgehead atoms. The van der Waals surface area contributed by atoms with Crippen molar-refractivity contribution in [3.05, 3.63) is 29.6 Å². The first-order chi connectivity index (χ1) is 8.54. The molecule has 0 spiro atoms. The third kappa shape index (κ3) is 3.45. The first kappa shape index (κ1) is 13.3. The number of fused-ring (bicyclic) bond motifs is 1. The Bertz CT molecular complexity index is 403. The molecule has 0 saturated heterocycles. The smallest absolute Gasteiger partial charge is 0.123 e. The van der Waals surface area contributed by atoms with E-state index in [1.54, 1.807) is 12.1 Å². The van der Waals surface area contributed by atoms with E-state index in [1.165, 1.54) is 6.07 Å². The molecule has 2 atom stereocenters. The van der Waals surface area contributed by atoms with Crippen LogP contribution < -0.4 is 4.74 Å². The van der Waals surface area contributed by atoms with Crippen molar-refractivity contribution in [3.63, 3.8) is 0 Å². The van der Waals surface area contributed by atoms with Gasteiger partial charge in [-0.1, -0.05) is 13.8 Å². The van der Waals surface area contributed by atoms with Crippen LogP contribution in [-0.2, 0) is 6.42 Å². The largest absolute Gasteiger partial charge is 0.490 e. The zero-order valence-electron chi connectivity index (χ0n) is 11.0. The van der Waals surface area contributed by atoms with E-state index in [2.05, 4.69) is 13.8 Å². The van der Waals surface area contributed by atoms with Gasteiger partial charge in [-0.3, -0.25) is 0 Å². The van der Waals surface area contributed by atoms with Gasteiger partial charge in [-0.15, -0.1) is 0 Å². The fraction of sp³-hybridized carbons (Fsp3) is 0.600. The summed E-state index contributed by atoms with van der Waals surface area (Å²) in [4.78, 5) is 0. The van der Waals surface area contributed by atoms with Crippen molar-refractivity contribution in [3.8, 4) is 5.75 Å². The van der Waals surface area contributed by atoms with Crippen LogP contribution in [0.5, 0.6) is 5.75 Å². The van der Waals surface area contributed by atoms with Gasteiger partial charge >= 0.3 is 0 Å².